The number of nitrogens with zero attached hydrogens (tertiary/aromatic N) is 5. The Balaban J connectivity index is 1.25. The van der Waals surface area contributed by atoms with Gasteiger partial charge in [0.25, 0.3) is 5.91 Å². The van der Waals surface area contributed by atoms with E-state index in [2.05, 4.69) is 20.6 Å². The third-order valence-corrected chi connectivity index (χ3v) is 8.03. The Labute approximate surface area is 242 Å². The molecule has 1 fully saturated rings. The SMILES string of the molecule is COc1cccc2c1OCc1cn(nn1)[C@@H]1CN(C(=O)Cc3c[nH]c4ccccc34)C[C@@H]1CC(=O)NCCN(C)C2=O. The normalized spacial score (nSPS) is 19.7. The minimum absolute atomic E-state index is 0.00827. The Morgan fingerprint density at radius 3 is 2.86 bits per heavy atom. The maximum Gasteiger partial charge on any atom is 0.257 e. The monoisotopic (exact) mass is 571 g/mol. The van der Waals surface area contributed by atoms with E-state index in [4.69, 9.17) is 9.47 Å². The Bertz CT molecular complexity index is 1630. The van der Waals surface area contributed by atoms with E-state index in [9.17, 15) is 14.4 Å². The number of ether oxygens (including phenoxy) is 2. The first-order valence-corrected chi connectivity index (χ1v) is 14.0. The zero-order chi connectivity index (χ0) is 29.2. The summed E-state index contributed by atoms with van der Waals surface area (Å²) in [4.78, 5) is 46.3. The molecule has 0 aliphatic carbocycles. The number of benzene rings is 2. The molecule has 2 aromatic carbocycles. The van der Waals surface area contributed by atoms with Crippen LogP contribution in [0.2, 0.25) is 0 Å². The molecule has 12 nitrogen and oxygen atoms in total. The molecule has 6 rings (SSSR count). The predicted octanol–water partition coefficient (Wildman–Crippen LogP) is 2.18. The lowest BCUT2D eigenvalue weighted by atomic mass is 9.99. The van der Waals surface area contributed by atoms with E-state index >= 15 is 0 Å². The van der Waals surface area contributed by atoms with Gasteiger partial charge >= 0.3 is 0 Å². The van der Waals surface area contributed by atoms with E-state index in [1.807, 2.05) is 35.4 Å². The maximum absolute atomic E-state index is 13.5. The second-order valence-electron chi connectivity index (χ2n) is 10.8. The van der Waals surface area contributed by atoms with Gasteiger partial charge in [0.15, 0.2) is 11.5 Å². The summed E-state index contributed by atoms with van der Waals surface area (Å²) in [6, 6.07) is 12.8. The van der Waals surface area contributed by atoms with Crippen LogP contribution in [0.5, 0.6) is 11.5 Å². The van der Waals surface area contributed by atoms with Gasteiger partial charge < -0.3 is 29.6 Å². The van der Waals surface area contributed by atoms with Gasteiger partial charge in [-0.05, 0) is 23.8 Å². The number of carbonyl (C=O) groups excluding carboxylic acids is 3. The van der Waals surface area contributed by atoms with E-state index in [0.717, 1.165) is 16.5 Å². The summed E-state index contributed by atoms with van der Waals surface area (Å²) >= 11 is 0. The van der Waals surface area contributed by atoms with Gasteiger partial charge in [0, 0.05) is 62.7 Å². The molecule has 2 aliphatic heterocycles. The number of fused-ring (bicyclic) bond motifs is 6. The molecule has 2 atom stereocenters. The van der Waals surface area contributed by atoms with Crippen molar-refractivity contribution in [1.29, 1.82) is 0 Å². The molecule has 2 N–H and O–H groups in total. The van der Waals surface area contributed by atoms with Gasteiger partial charge in [0.1, 0.15) is 12.3 Å². The highest BCUT2D eigenvalue weighted by molar-refractivity contribution is 5.97. The predicted molar refractivity (Wildman–Crippen MR) is 153 cm³/mol. The summed E-state index contributed by atoms with van der Waals surface area (Å²) < 4.78 is 13.3. The molecule has 218 valence electrons. The molecule has 42 heavy (non-hydrogen) atoms. The number of aromatic nitrogens is 4. The van der Waals surface area contributed by atoms with Gasteiger partial charge in [-0.2, -0.15) is 0 Å². The fraction of sp³-hybridized carbons (Fsp3) is 0.367. The molecule has 2 aromatic heterocycles. The lowest BCUT2D eigenvalue weighted by molar-refractivity contribution is -0.130. The number of H-pyrrole nitrogens is 1. The molecule has 0 radical (unpaired) electrons. The minimum atomic E-state index is -0.255. The van der Waals surface area contributed by atoms with E-state index in [0.29, 0.717) is 42.4 Å². The number of amides is 3. The van der Waals surface area contributed by atoms with Crippen LogP contribution in [0.4, 0.5) is 0 Å². The first kappa shape index (κ1) is 27.3. The topological polar surface area (TPSA) is 135 Å². The molecule has 0 saturated carbocycles. The zero-order valence-corrected chi connectivity index (χ0v) is 23.6. The van der Waals surface area contributed by atoms with E-state index in [-0.39, 0.29) is 55.7 Å². The fourth-order valence-corrected chi connectivity index (χ4v) is 5.77. The number of hydrogen-bond acceptors (Lipinski definition) is 7. The highest BCUT2D eigenvalue weighted by atomic mass is 16.5. The second kappa shape index (κ2) is 11.6. The molecule has 4 aromatic rings. The number of para-hydroxylation sites is 2. The summed E-state index contributed by atoms with van der Waals surface area (Å²) in [5.74, 6) is 0.168. The summed E-state index contributed by atoms with van der Waals surface area (Å²) in [6.45, 7) is 1.50. The number of rotatable bonds is 3. The van der Waals surface area contributed by atoms with Crippen molar-refractivity contribution in [2.45, 2.75) is 25.5 Å². The summed E-state index contributed by atoms with van der Waals surface area (Å²) in [7, 11) is 3.19. The van der Waals surface area contributed by atoms with Crippen molar-refractivity contribution in [3.8, 4) is 11.5 Å². The lowest BCUT2D eigenvalue weighted by Crippen LogP contribution is -2.37. The maximum atomic E-state index is 13.5. The first-order valence-electron chi connectivity index (χ1n) is 14.0. The van der Waals surface area contributed by atoms with Crippen LogP contribution in [0.1, 0.15) is 34.1 Å². The molecule has 1 saturated heterocycles. The van der Waals surface area contributed by atoms with Gasteiger partial charge in [-0.15, -0.1) is 5.10 Å². The third kappa shape index (κ3) is 5.39. The average Bonchev–Trinajstić information content (AvgIpc) is 3.74. The number of carbonyl (C=O) groups is 3. The Morgan fingerprint density at radius 2 is 2.00 bits per heavy atom. The van der Waals surface area contributed by atoms with Crippen molar-refractivity contribution in [3.63, 3.8) is 0 Å². The van der Waals surface area contributed by atoms with Crippen LogP contribution in [-0.4, -0.2) is 87.8 Å². The Hall–Kier alpha value is -4.87. The lowest BCUT2D eigenvalue weighted by Gasteiger charge is -2.21. The minimum Gasteiger partial charge on any atom is -0.493 e. The van der Waals surface area contributed by atoms with Crippen LogP contribution < -0.4 is 14.8 Å². The summed E-state index contributed by atoms with van der Waals surface area (Å²) in [5.41, 5.74) is 2.82. The van der Waals surface area contributed by atoms with Gasteiger partial charge in [-0.1, -0.05) is 29.5 Å². The first-order chi connectivity index (χ1) is 20.4. The largest absolute Gasteiger partial charge is 0.493 e. The van der Waals surface area contributed by atoms with Gasteiger partial charge in [0.2, 0.25) is 11.8 Å². The summed E-state index contributed by atoms with van der Waals surface area (Å²) in [6.07, 6.45) is 4.13. The molecule has 12 heteroatoms. The van der Waals surface area contributed by atoms with Gasteiger partial charge in [0.05, 0.1) is 31.3 Å². The second-order valence-corrected chi connectivity index (χ2v) is 10.8. The fourth-order valence-electron chi connectivity index (χ4n) is 5.77. The molecule has 2 bridgehead atoms. The van der Waals surface area contributed by atoms with Crippen LogP contribution in [0.15, 0.2) is 54.9 Å². The number of methoxy groups -OCH3 is 1. The molecule has 4 heterocycles. The smallest absolute Gasteiger partial charge is 0.257 e. The van der Waals surface area contributed by atoms with Crippen LogP contribution in [-0.2, 0) is 22.6 Å². The van der Waals surface area contributed by atoms with Crippen molar-refractivity contribution < 1.29 is 23.9 Å². The standard InChI is InChI=1S/C30H33N7O5/c1-35-11-10-31-27(38)12-20-15-36(28(39)13-19-14-32-24-8-4-3-6-22(19)24)17-25(20)37-16-21(33-34-37)18-42-29-23(30(35)40)7-5-9-26(29)41-2/h3-9,14,16,20,25,32H,10-13,15,17-18H2,1-2H3,(H,31,38)/t20-,25+/m0/s1. The van der Waals surface area contributed by atoms with Crippen LogP contribution in [0.25, 0.3) is 10.9 Å². The zero-order valence-electron chi connectivity index (χ0n) is 23.6. The molecule has 2 aliphatic rings. The van der Waals surface area contributed by atoms with Gasteiger partial charge in [-0.25, -0.2) is 4.68 Å². The molecular formula is C30H33N7O5. The van der Waals surface area contributed by atoms with Crippen molar-refractivity contribution in [1.82, 2.24) is 35.1 Å². The number of nitrogens with one attached hydrogen (secondary N) is 2. The molecule has 3 amide bonds. The Kier molecular flexibility index (Phi) is 7.51. The quantitative estimate of drug-likeness (QED) is 0.385. The molecule has 0 unspecified atom stereocenters. The van der Waals surface area contributed by atoms with Crippen LogP contribution in [0.3, 0.4) is 0 Å². The molecular weight excluding hydrogens is 538 g/mol. The van der Waals surface area contributed by atoms with E-state index in [1.165, 1.54) is 12.0 Å². The van der Waals surface area contributed by atoms with Crippen molar-refractivity contribution in [3.05, 3.63) is 71.7 Å². The van der Waals surface area contributed by atoms with Crippen molar-refractivity contribution >= 4 is 28.6 Å². The summed E-state index contributed by atoms with van der Waals surface area (Å²) in [5, 5.41) is 12.6. The number of hydrogen-bond donors (Lipinski definition) is 2. The van der Waals surface area contributed by atoms with E-state index in [1.54, 1.807) is 36.1 Å². The van der Waals surface area contributed by atoms with E-state index < -0.39 is 0 Å². The highest BCUT2D eigenvalue weighted by Crippen LogP contribution is 2.34. The number of likely N-dealkylation sites (N-methyl/N-ethyl adjacent to an activating group) is 1. The van der Waals surface area contributed by atoms with Crippen LogP contribution >= 0.6 is 0 Å². The van der Waals surface area contributed by atoms with Gasteiger partial charge in [-0.3, -0.25) is 14.4 Å². The Morgan fingerprint density at radius 1 is 1.14 bits per heavy atom. The van der Waals surface area contributed by atoms with Crippen LogP contribution in [0, 0.1) is 5.92 Å². The highest BCUT2D eigenvalue weighted by Gasteiger charge is 2.38. The number of likely N-dealkylation sites (tertiary alicyclic amines) is 1. The molecule has 0 spiro atoms. The van der Waals surface area contributed by atoms with Crippen molar-refractivity contribution in [2.75, 3.05) is 40.3 Å². The van der Waals surface area contributed by atoms with Crippen molar-refractivity contribution in [2.24, 2.45) is 5.92 Å². The third-order valence-electron chi connectivity index (χ3n) is 8.03. The average molecular weight is 572 g/mol. The number of aromatic amines is 1.